The number of aliphatic hydroxyl groups is 1. The number of aryl methyl sites for hydroxylation is 1. The van der Waals surface area contributed by atoms with Crippen LogP contribution in [0.2, 0.25) is 0 Å². The van der Waals surface area contributed by atoms with E-state index >= 15 is 0 Å². The Hall–Kier alpha value is -2.54. The molecule has 2 N–H and O–H groups in total. The molecular formula is C17H22N2O5. The van der Waals surface area contributed by atoms with Crippen LogP contribution in [-0.4, -0.2) is 45.6 Å². The zero-order valence-electron chi connectivity index (χ0n) is 14.2. The monoisotopic (exact) mass is 334 g/mol. The van der Waals surface area contributed by atoms with Crippen LogP contribution in [0.3, 0.4) is 0 Å². The summed E-state index contributed by atoms with van der Waals surface area (Å²) in [6, 6.07) is 3.29. The minimum absolute atomic E-state index is 0.00689. The van der Waals surface area contributed by atoms with Crippen LogP contribution in [0.25, 0.3) is 11.4 Å². The molecule has 24 heavy (non-hydrogen) atoms. The van der Waals surface area contributed by atoms with Gasteiger partial charge >= 0.3 is 5.97 Å². The van der Waals surface area contributed by atoms with Gasteiger partial charge in [0.15, 0.2) is 11.5 Å². The summed E-state index contributed by atoms with van der Waals surface area (Å²) in [4.78, 5) is 16.1. The molecule has 0 radical (unpaired) electrons. The van der Waals surface area contributed by atoms with Crippen LogP contribution >= 0.6 is 0 Å². The molecule has 0 spiro atoms. The number of carboxylic acid groups (broad SMARTS) is 1. The molecule has 0 saturated carbocycles. The van der Waals surface area contributed by atoms with E-state index in [1.165, 1.54) is 14.2 Å². The number of carbonyl (C=O) groups is 1. The fourth-order valence-corrected chi connectivity index (χ4v) is 2.45. The van der Waals surface area contributed by atoms with Gasteiger partial charge in [-0.1, -0.05) is 0 Å². The van der Waals surface area contributed by atoms with Crippen LogP contribution < -0.4 is 9.47 Å². The second-order valence-electron chi connectivity index (χ2n) is 6.04. The average molecular weight is 334 g/mol. The molecule has 0 aliphatic heterocycles. The molecule has 0 fully saturated rings. The number of aromatic nitrogens is 2. The van der Waals surface area contributed by atoms with Gasteiger partial charge in [-0.2, -0.15) is 0 Å². The molecule has 0 atom stereocenters. The molecule has 130 valence electrons. The van der Waals surface area contributed by atoms with Gasteiger partial charge in [-0.25, -0.2) is 9.78 Å². The highest BCUT2D eigenvalue weighted by Crippen LogP contribution is 2.37. The Morgan fingerprint density at radius 1 is 1.29 bits per heavy atom. The maximum atomic E-state index is 11.8. The fourth-order valence-electron chi connectivity index (χ4n) is 2.45. The van der Waals surface area contributed by atoms with E-state index in [-0.39, 0.29) is 11.3 Å². The minimum atomic E-state index is -1.13. The molecule has 2 rings (SSSR count). The van der Waals surface area contributed by atoms with Crippen LogP contribution in [0, 0.1) is 0 Å². The van der Waals surface area contributed by atoms with Gasteiger partial charge in [0.25, 0.3) is 0 Å². The highest BCUT2D eigenvalue weighted by atomic mass is 16.5. The lowest BCUT2D eigenvalue weighted by atomic mass is 10.0. The molecule has 0 saturated heterocycles. The summed E-state index contributed by atoms with van der Waals surface area (Å²) in [5.74, 6) is -0.136. The summed E-state index contributed by atoms with van der Waals surface area (Å²) >= 11 is 0. The fraction of sp³-hybridized carbons (Fsp3) is 0.412. The van der Waals surface area contributed by atoms with E-state index in [1.807, 2.05) is 4.57 Å². The van der Waals surface area contributed by atoms with E-state index in [9.17, 15) is 15.0 Å². The standard InChI is InChI=1S/C17H22N2O5/c1-17(2,22)7-9-19-10-8-18-15(19)11-5-6-12(23-3)14(24-4)13(11)16(20)21/h5-6,8,10,22H,7,9H2,1-4H3,(H,20,21). The molecular weight excluding hydrogens is 312 g/mol. The molecule has 1 heterocycles. The predicted octanol–water partition coefficient (Wildman–Crippen LogP) is 2.43. The summed E-state index contributed by atoms with van der Waals surface area (Å²) in [6.45, 7) is 3.96. The maximum absolute atomic E-state index is 11.8. The quantitative estimate of drug-likeness (QED) is 0.808. The normalized spacial score (nSPS) is 11.4. The molecule has 7 nitrogen and oxygen atoms in total. The van der Waals surface area contributed by atoms with E-state index in [0.717, 1.165) is 0 Å². The first kappa shape index (κ1) is 17.8. The zero-order chi connectivity index (χ0) is 17.9. The van der Waals surface area contributed by atoms with Crippen molar-refractivity contribution in [3.63, 3.8) is 0 Å². The molecule has 1 aromatic heterocycles. The number of aromatic carboxylic acids is 1. The van der Waals surface area contributed by atoms with Crippen molar-refractivity contribution in [1.29, 1.82) is 0 Å². The van der Waals surface area contributed by atoms with Crippen LogP contribution in [0.5, 0.6) is 11.5 Å². The van der Waals surface area contributed by atoms with Crippen LogP contribution in [-0.2, 0) is 6.54 Å². The summed E-state index contributed by atoms with van der Waals surface area (Å²) in [5.41, 5.74) is -0.400. The van der Waals surface area contributed by atoms with E-state index in [4.69, 9.17) is 9.47 Å². The topological polar surface area (TPSA) is 93.8 Å². The Morgan fingerprint density at radius 3 is 2.54 bits per heavy atom. The number of hydrogen-bond donors (Lipinski definition) is 2. The Kier molecular flexibility index (Phi) is 5.14. The number of nitrogens with zero attached hydrogens (tertiary/aromatic N) is 2. The van der Waals surface area contributed by atoms with Crippen molar-refractivity contribution in [2.75, 3.05) is 14.2 Å². The molecule has 7 heteroatoms. The van der Waals surface area contributed by atoms with Gasteiger partial charge in [-0.3, -0.25) is 0 Å². The number of carboxylic acids is 1. The molecule has 2 aromatic rings. The van der Waals surface area contributed by atoms with Gasteiger partial charge < -0.3 is 24.3 Å². The first-order chi connectivity index (χ1) is 11.3. The van der Waals surface area contributed by atoms with Gasteiger partial charge in [0.1, 0.15) is 11.4 Å². The maximum Gasteiger partial charge on any atom is 0.340 e. The smallest absolute Gasteiger partial charge is 0.340 e. The third kappa shape index (κ3) is 3.68. The number of imidazole rings is 1. The molecule has 0 bridgehead atoms. The van der Waals surface area contributed by atoms with Crippen molar-refractivity contribution in [3.8, 4) is 22.9 Å². The van der Waals surface area contributed by atoms with Crippen molar-refractivity contribution in [1.82, 2.24) is 9.55 Å². The minimum Gasteiger partial charge on any atom is -0.493 e. The Bertz CT molecular complexity index is 731. The second kappa shape index (κ2) is 6.92. The van der Waals surface area contributed by atoms with Crippen LogP contribution in [0.1, 0.15) is 30.6 Å². The first-order valence-electron chi connectivity index (χ1n) is 7.50. The second-order valence-corrected chi connectivity index (χ2v) is 6.04. The lowest BCUT2D eigenvalue weighted by Crippen LogP contribution is -2.21. The summed E-state index contributed by atoms with van der Waals surface area (Å²) < 4.78 is 12.2. The number of benzene rings is 1. The van der Waals surface area contributed by atoms with Crippen molar-refractivity contribution in [2.24, 2.45) is 0 Å². The summed E-state index contributed by atoms with van der Waals surface area (Å²) in [7, 11) is 2.85. The Morgan fingerprint density at radius 2 is 2.00 bits per heavy atom. The summed E-state index contributed by atoms with van der Waals surface area (Å²) in [6.07, 6.45) is 3.86. The first-order valence-corrected chi connectivity index (χ1v) is 7.50. The van der Waals surface area contributed by atoms with Crippen molar-refractivity contribution in [3.05, 3.63) is 30.1 Å². The number of hydrogen-bond acceptors (Lipinski definition) is 5. The Balaban J connectivity index is 2.54. The Labute approximate surface area is 140 Å². The van der Waals surface area contributed by atoms with E-state index in [2.05, 4.69) is 4.98 Å². The number of ether oxygens (including phenoxy) is 2. The molecule has 0 unspecified atom stereocenters. The highest BCUT2D eigenvalue weighted by molar-refractivity contribution is 5.99. The molecule has 1 aromatic carbocycles. The lowest BCUT2D eigenvalue weighted by molar-refractivity contribution is 0.0659. The van der Waals surface area contributed by atoms with Gasteiger partial charge in [0.2, 0.25) is 0 Å². The van der Waals surface area contributed by atoms with Crippen molar-refractivity contribution < 1.29 is 24.5 Å². The van der Waals surface area contributed by atoms with E-state index < -0.39 is 11.6 Å². The van der Waals surface area contributed by atoms with Crippen LogP contribution in [0.4, 0.5) is 0 Å². The molecule has 0 aliphatic rings. The van der Waals surface area contributed by atoms with Gasteiger partial charge in [-0.05, 0) is 32.4 Å². The number of rotatable bonds is 7. The lowest BCUT2D eigenvalue weighted by Gasteiger charge is -2.19. The van der Waals surface area contributed by atoms with Gasteiger partial charge in [0, 0.05) is 24.5 Å². The van der Waals surface area contributed by atoms with Crippen molar-refractivity contribution >= 4 is 5.97 Å². The highest BCUT2D eigenvalue weighted by Gasteiger charge is 2.24. The molecule has 0 amide bonds. The predicted molar refractivity (Wildman–Crippen MR) is 88.6 cm³/mol. The average Bonchev–Trinajstić information content (AvgIpc) is 2.98. The number of methoxy groups -OCH3 is 2. The largest absolute Gasteiger partial charge is 0.493 e. The van der Waals surface area contributed by atoms with E-state index in [0.29, 0.717) is 30.1 Å². The van der Waals surface area contributed by atoms with Crippen molar-refractivity contribution in [2.45, 2.75) is 32.4 Å². The summed E-state index contributed by atoms with van der Waals surface area (Å²) in [5, 5.41) is 19.5. The SMILES string of the molecule is COc1ccc(-c2nccn2CCC(C)(C)O)c(C(=O)O)c1OC. The molecule has 0 aliphatic carbocycles. The van der Waals surface area contributed by atoms with Crippen LogP contribution in [0.15, 0.2) is 24.5 Å². The van der Waals surface area contributed by atoms with E-state index in [1.54, 1.807) is 38.4 Å². The third-order valence-electron chi connectivity index (χ3n) is 3.68. The van der Waals surface area contributed by atoms with Gasteiger partial charge in [0.05, 0.1) is 19.8 Å². The third-order valence-corrected chi connectivity index (χ3v) is 3.68. The van der Waals surface area contributed by atoms with Gasteiger partial charge in [-0.15, -0.1) is 0 Å². The zero-order valence-corrected chi connectivity index (χ0v) is 14.2.